The first-order valence-electron chi connectivity index (χ1n) is 13.0. The van der Waals surface area contributed by atoms with Crippen LogP contribution in [0.5, 0.6) is 0 Å². The minimum Gasteiger partial charge on any atom is -0.395 e. The number of hydrogen-bond donors (Lipinski definition) is 2. The minimum atomic E-state index is -3.71. The highest BCUT2D eigenvalue weighted by atomic mass is 32.2. The standard InChI is InChI=1S/C24H30F2N8O3S2/c25-24(26)5-9-33(10-6-24)22-28-20(16-38-22)34-15-18(29-31-34)21-19(32-7-3-23(1-2-23)4-8-32)13-17(14-27-21)30-39(36,37)12-11-35/h13-16,30,35H,1-12H2. The van der Waals surface area contributed by atoms with E-state index >= 15 is 0 Å². The minimum absolute atomic E-state index is 0.187. The van der Waals surface area contributed by atoms with E-state index in [2.05, 4.69) is 29.9 Å². The van der Waals surface area contributed by atoms with Crippen molar-refractivity contribution in [2.75, 3.05) is 53.1 Å². The second-order valence-corrected chi connectivity index (χ2v) is 13.3. The third kappa shape index (κ3) is 5.70. The van der Waals surface area contributed by atoms with Crippen LogP contribution in [0.3, 0.4) is 0 Å². The molecule has 3 aromatic heterocycles. The molecule has 3 aromatic rings. The van der Waals surface area contributed by atoms with Crippen LogP contribution in [0.4, 0.5) is 25.3 Å². The number of nitrogens with one attached hydrogen (secondary N) is 1. The van der Waals surface area contributed by atoms with Gasteiger partial charge in [-0.15, -0.1) is 16.4 Å². The third-order valence-corrected chi connectivity index (χ3v) is 9.99. The average molecular weight is 581 g/mol. The first-order valence-corrected chi connectivity index (χ1v) is 15.6. The van der Waals surface area contributed by atoms with Gasteiger partial charge in [-0.2, -0.15) is 0 Å². The Hall–Kier alpha value is -2.91. The number of hydrogen-bond acceptors (Lipinski definition) is 10. The monoisotopic (exact) mass is 580 g/mol. The van der Waals surface area contributed by atoms with Gasteiger partial charge in [-0.3, -0.25) is 9.71 Å². The van der Waals surface area contributed by atoms with Gasteiger partial charge in [0.15, 0.2) is 10.9 Å². The molecule has 6 rings (SSSR count). The number of aliphatic hydroxyl groups excluding tert-OH is 1. The lowest BCUT2D eigenvalue weighted by atomic mass is 9.93. The summed E-state index contributed by atoms with van der Waals surface area (Å²) >= 11 is 1.37. The maximum atomic E-state index is 13.6. The molecule has 0 atom stereocenters. The summed E-state index contributed by atoms with van der Waals surface area (Å²) in [5.41, 5.74) is 2.62. The fraction of sp³-hybridized carbons (Fsp3) is 0.583. The molecular weight excluding hydrogens is 550 g/mol. The van der Waals surface area contributed by atoms with E-state index < -0.39 is 28.3 Å². The summed E-state index contributed by atoms with van der Waals surface area (Å²) in [6, 6.07) is 1.76. The number of nitrogens with zero attached hydrogens (tertiary/aromatic N) is 7. The van der Waals surface area contributed by atoms with Crippen LogP contribution in [-0.4, -0.2) is 82.9 Å². The van der Waals surface area contributed by atoms with E-state index in [1.807, 2.05) is 10.3 Å². The molecule has 0 aromatic carbocycles. The molecule has 15 heteroatoms. The molecule has 11 nitrogen and oxygen atoms in total. The Kier molecular flexibility index (Phi) is 6.70. The van der Waals surface area contributed by atoms with Crippen molar-refractivity contribution >= 4 is 37.9 Å². The Morgan fingerprint density at radius 1 is 1.05 bits per heavy atom. The number of pyridine rings is 1. The Bertz CT molecular complexity index is 1440. The van der Waals surface area contributed by atoms with Gasteiger partial charge in [-0.05, 0) is 37.2 Å². The molecule has 2 N–H and O–H groups in total. The topological polar surface area (TPSA) is 129 Å². The zero-order valence-corrected chi connectivity index (χ0v) is 22.9. The molecule has 210 valence electrons. The summed E-state index contributed by atoms with van der Waals surface area (Å²) in [6.45, 7) is 1.69. The van der Waals surface area contributed by atoms with Gasteiger partial charge >= 0.3 is 0 Å². The Morgan fingerprint density at radius 2 is 1.77 bits per heavy atom. The van der Waals surface area contributed by atoms with E-state index in [4.69, 9.17) is 5.11 Å². The highest BCUT2D eigenvalue weighted by Crippen LogP contribution is 2.54. The van der Waals surface area contributed by atoms with Gasteiger partial charge in [0, 0.05) is 44.4 Å². The van der Waals surface area contributed by atoms with Gasteiger partial charge in [0.2, 0.25) is 10.0 Å². The number of alkyl halides is 2. The van der Waals surface area contributed by atoms with Crippen molar-refractivity contribution in [1.29, 1.82) is 0 Å². The summed E-state index contributed by atoms with van der Waals surface area (Å²) in [4.78, 5) is 13.2. The lowest BCUT2D eigenvalue weighted by Gasteiger charge is -2.34. The van der Waals surface area contributed by atoms with Crippen LogP contribution < -0.4 is 14.5 Å². The van der Waals surface area contributed by atoms with Crippen molar-refractivity contribution in [3.05, 3.63) is 23.8 Å². The second-order valence-electron chi connectivity index (χ2n) is 10.6. The van der Waals surface area contributed by atoms with Crippen molar-refractivity contribution in [2.45, 2.75) is 44.4 Å². The van der Waals surface area contributed by atoms with Gasteiger partial charge in [0.05, 0.1) is 36.1 Å². The van der Waals surface area contributed by atoms with Gasteiger partial charge < -0.3 is 14.9 Å². The van der Waals surface area contributed by atoms with Crippen molar-refractivity contribution in [1.82, 2.24) is 25.0 Å². The maximum Gasteiger partial charge on any atom is 0.251 e. The lowest BCUT2D eigenvalue weighted by Crippen LogP contribution is -2.39. The highest BCUT2D eigenvalue weighted by Gasteiger charge is 2.44. The molecule has 1 aliphatic carbocycles. The van der Waals surface area contributed by atoms with Crippen LogP contribution >= 0.6 is 11.3 Å². The van der Waals surface area contributed by atoms with Crippen LogP contribution in [0.2, 0.25) is 0 Å². The number of halogens is 2. The van der Waals surface area contributed by atoms with E-state index in [0.29, 0.717) is 33.4 Å². The summed E-state index contributed by atoms with van der Waals surface area (Å²) in [6.07, 6.45) is 7.45. The molecule has 1 spiro atoms. The van der Waals surface area contributed by atoms with Crippen LogP contribution in [0.1, 0.15) is 38.5 Å². The molecule has 39 heavy (non-hydrogen) atoms. The molecular formula is C24H30F2N8O3S2. The molecule has 1 saturated carbocycles. The van der Waals surface area contributed by atoms with Crippen LogP contribution in [0.15, 0.2) is 23.8 Å². The number of aromatic nitrogens is 5. The molecule has 2 saturated heterocycles. The fourth-order valence-electron chi connectivity index (χ4n) is 5.21. The van der Waals surface area contributed by atoms with E-state index in [1.165, 1.54) is 35.1 Å². The van der Waals surface area contributed by atoms with Gasteiger partial charge in [0.25, 0.3) is 5.92 Å². The molecule has 0 bridgehead atoms. The van der Waals surface area contributed by atoms with Gasteiger partial charge in [0.1, 0.15) is 11.4 Å². The molecule has 3 fully saturated rings. The number of aliphatic hydroxyl groups is 1. The normalized spacial score (nSPS) is 20.4. The molecule has 3 aliphatic rings. The Morgan fingerprint density at radius 3 is 2.46 bits per heavy atom. The van der Waals surface area contributed by atoms with Crippen molar-refractivity contribution < 1.29 is 22.3 Å². The zero-order chi connectivity index (χ0) is 27.3. The average Bonchev–Trinajstić information content (AvgIpc) is 3.28. The summed E-state index contributed by atoms with van der Waals surface area (Å²) in [5.74, 6) is -2.49. The van der Waals surface area contributed by atoms with Crippen LogP contribution in [-0.2, 0) is 10.0 Å². The summed E-state index contributed by atoms with van der Waals surface area (Å²) in [7, 11) is -3.71. The van der Waals surface area contributed by atoms with Crippen molar-refractivity contribution in [3.63, 3.8) is 0 Å². The fourth-order valence-corrected chi connectivity index (χ4v) is 6.88. The predicted octanol–water partition coefficient (Wildman–Crippen LogP) is 3.14. The second kappa shape index (κ2) is 9.93. The molecule has 5 heterocycles. The Balaban J connectivity index is 1.26. The molecule has 0 radical (unpaired) electrons. The SMILES string of the molecule is O=S(=O)(CCO)Nc1cnc(-c2cn(-c3csc(N4CCC(F)(F)CC4)n3)nn2)c(N2CCC3(CC2)CC3)c1. The third-order valence-electron chi connectivity index (χ3n) is 7.84. The number of anilines is 3. The number of sulfonamides is 1. The zero-order valence-electron chi connectivity index (χ0n) is 21.3. The van der Waals surface area contributed by atoms with Crippen molar-refractivity contribution in [2.24, 2.45) is 5.41 Å². The molecule has 2 aliphatic heterocycles. The maximum absolute atomic E-state index is 13.6. The van der Waals surface area contributed by atoms with E-state index in [-0.39, 0.29) is 25.9 Å². The van der Waals surface area contributed by atoms with Gasteiger partial charge in [-0.1, -0.05) is 5.21 Å². The predicted molar refractivity (Wildman–Crippen MR) is 144 cm³/mol. The highest BCUT2D eigenvalue weighted by molar-refractivity contribution is 7.92. The van der Waals surface area contributed by atoms with Crippen LogP contribution in [0.25, 0.3) is 17.2 Å². The van der Waals surface area contributed by atoms with Crippen molar-refractivity contribution in [3.8, 4) is 17.2 Å². The van der Waals surface area contributed by atoms with Gasteiger partial charge in [-0.25, -0.2) is 26.9 Å². The number of rotatable bonds is 8. The van der Waals surface area contributed by atoms with E-state index in [1.54, 1.807) is 12.3 Å². The summed E-state index contributed by atoms with van der Waals surface area (Å²) < 4.78 is 55.7. The van der Waals surface area contributed by atoms with E-state index in [9.17, 15) is 17.2 Å². The van der Waals surface area contributed by atoms with E-state index in [0.717, 1.165) is 31.6 Å². The Labute approximate surface area is 228 Å². The lowest BCUT2D eigenvalue weighted by molar-refractivity contribution is -0.0220. The quantitative estimate of drug-likeness (QED) is 0.413. The van der Waals surface area contributed by atoms with Crippen LogP contribution in [0, 0.1) is 5.41 Å². The number of thiazole rings is 1. The molecule has 0 unspecified atom stereocenters. The largest absolute Gasteiger partial charge is 0.395 e. The summed E-state index contributed by atoms with van der Waals surface area (Å²) in [5, 5.41) is 20.1. The molecule has 0 amide bonds. The smallest absolute Gasteiger partial charge is 0.251 e. The first-order chi connectivity index (χ1) is 18.6. The number of piperidine rings is 2. The first kappa shape index (κ1) is 26.3.